The van der Waals surface area contributed by atoms with Crippen LogP contribution in [0.3, 0.4) is 0 Å². The fourth-order valence-electron chi connectivity index (χ4n) is 3.07. The number of hydrogen-bond acceptors (Lipinski definition) is 1. The number of benzene rings is 3. The zero-order chi connectivity index (χ0) is 17.5. The van der Waals surface area contributed by atoms with E-state index in [1.165, 1.54) is 0 Å². The lowest BCUT2D eigenvalue weighted by Crippen LogP contribution is -3.00. The van der Waals surface area contributed by atoms with E-state index in [9.17, 15) is 0 Å². The van der Waals surface area contributed by atoms with Crippen LogP contribution in [-0.2, 0) is 10.3 Å². The minimum absolute atomic E-state index is 0. The maximum Gasteiger partial charge on any atom is 0.144 e. The van der Waals surface area contributed by atoms with Gasteiger partial charge in [-0.15, -0.1) is 0 Å². The van der Waals surface area contributed by atoms with E-state index in [0.717, 1.165) is 16.7 Å². The molecule has 3 rings (SSSR count). The van der Waals surface area contributed by atoms with Crippen LogP contribution in [0.25, 0.3) is 0 Å². The van der Waals surface area contributed by atoms with E-state index in [1.807, 2.05) is 24.3 Å². The Balaban J connectivity index is 0.00000243. The van der Waals surface area contributed by atoms with Crippen LogP contribution in [0.4, 0.5) is 0 Å². The fraction of sp³-hybridized carbons (Fsp3) is 0.130. The van der Waals surface area contributed by atoms with Crippen molar-refractivity contribution in [3.8, 4) is 0 Å². The highest BCUT2D eigenvalue weighted by Crippen LogP contribution is 2.40. The third-order valence-corrected chi connectivity index (χ3v) is 4.39. The van der Waals surface area contributed by atoms with Gasteiger partial charge in [0.1, 0.15) is 18.2 Å². The van der Waals surface area contributed by atoms with Gasteiger partial charge in [0, 0.05) is 0 Å². The van der Waals surface area contributed by atoms with Gasteiger partial charge in [-0.3, -0.25) is 0 Å². The van der Waals surface area contributed by atoms with Crippen molar-refractivity contribution in [3.63, 3.8) is 0 Å². The van der Waals surface area contributed by atoms with Crippen LogP contribution in [0, 0.1) is 0 Å². The van der Waals surface area contributed by atoms with E-state index in [4.69, 9.17) is 4.74 Å². The number of halogens is 1. The van der Waals surface area contributed by atoms with Crippen LogP contribution in [-0.4, -0.2) is 12.6 Å². The maximum atomic E-state index is 6.61. The van der Waals surface area contributed by atoms with Gasteiger partial charge in [-0.05, 0) is 22.8 Å². The molecule has 0 amide bonds. The summed E-state index contributed by atoms with van der Waals surface area (Å²) in [5.74, 6) is 0. The summed E-state index contributed by atoms with van der Waals surface area (Å²) in [6.45, 7) is 4.33. The molecule has 134 valence electrons. The molecule has 0 saturated heterocycles. The van der Waals surface area contributed by atoms with E-state index in [2.05, 4.69) is 85.1 Å². The minimum atomic E-state index is -0.678. The Kier molecular flexibility index (Phi) is 7.16. The van der Waals surface area contributed by atoms with E-state index >= 15 is 0 Å². The number of ether oxygens (including phenoxy) is 1. The van der Waals surface area contributed by atoms with E-state index in [-0.39, 0.29) is 18.4 Å². The first-order valence-corrected chi connectivity index (χ1v) is 8.53. The van der Waals surface area contributed by atoms with E-state index in [1.54, 1.807) is 0 Å². The summed E-state index contributed by atoms with van der Waals surface area (Å²) in [5, 5.41) is 0. The molecule has 2 nitrogen and oxygen atoms in total. The van der Waals surface area contributed by atoms with Gasteiger partial charge < -0.3 is 22.9 Å². The van der Waals surface area contributed by atoms with Crippen molar-refractivity contribution in [2.75, 3.05) is 6.61 Å². The Labute approximate surface area is 161 Å². The SMILES string of the molecule is C=C[C@H]([NH3+])COC(c1ccccc1)(c1ccccc1)c1ccccc1.[Cl-]. The number of hydrogen-bond donors (Lipinski definition) is 1. The summed E-state index contributed by atoms with van der Waals surface area (Å²) in [7, 11) is 0. The maximum absolute atomic E-state index is 6.61. The average molecular weight is 366 g/mol. The van der Waals surface area contributed by atoms with Crippen LogP contribution < -0.4 is 18.1 Å². The average Bonchev–Trinajstić information content (AvgIpc) is 2.71. The molecular formula is C23H24ClNO. The molecular weight excluding hydrogens is 342 g/mol. The Hall–Kier alpha value is -2.39. The molecule has 3 N–H and O–H groups in total. The van der Waals surface area contributed by atoms with Gasteiger partial charge in [-0.25, -0.2) is 0 Å². The lowest BCUT2D eigenvalue weighted by Gasteiger charge is -2.36. The molecule has 1 atom stereocenters. The van der Waals surface area contributed by atoms with E-state index in [0.29, 0.717) is 6.61 Å². The second-order valence-corrected chi connectivity index (χ2v) is 6.09. The predicted molar refractivity (Wildman–Crippen MR) is 102 cm³/mol. The molecule has 0 spiro atoms. The zero-order valence-electron chi connectivity index (χ0n) is 14.7. The standard InChI is InChI=1S/C23H23NO.ClH/c1-2-22(24)18-25-23(19-12-6-3-7-13-19,20-14-8-4-9-15-20)21-16-10-5-11-17-21;/h2-17,22H,1,18,24H2;1H/t22-;/m0./s1. The van der Waals surface area contributed by atoms with Crippen molar-refractivity contribution >= 4 is 0 Å². The van der Waals surface area contributed by atoms with Crippen molar-refractivity contribution in [1.82, 2.24) is 0 Å². The predicted octanol–water partition coefficient (Wildman–Crippen LogP) is 0.796. The topological polar surface area (TPSA) is 36.9 Å². The monoisotopic (exact) mass is 365 g/mol. The smallest absolute Gasteiger partial charge is 0.144 e. The molecule has 0 heterocycles. The summed E-state index contributed by atoms with van der Waals surface area (Å²) in [4.78, 5) is 0. The van der Waals surface area contributed by atoms with Crippen LogP contribution in [0.15, 0.2) is 104 Å². The molecule has 26 heavy (non-hydrogen) atoms. The van der Waals surface area contributed by atoms with Gasteiger partial charge in [-0.1, -0.05) is 97.6 Å². The van der Waals surface area contributed by atoms with Gasteiger partial charge >= 0.3 is 0 Å². The quantitative estimate of drug-likeness (QED) is 0.488. The molecule has 0 saturated carbocycles. The number of quaternary nitrogens is 1. The highest BCUT2D eigenvalue weighted by atomic mass is 35.5. The lowest BCUT2D eigenvalue weighted by atomic mass is 9.80. The van der Waals surface area contributed by atoms with Gasteiger partial charge in [0.05, 0.1) is 0 Å². The Morgan fingerprint density at radius 2 is 1.12 bits per heavy atom. The first kappa shape index (κ1) is 19.9. The molecule has 0 fully saturated rings. The van der Waals surface area contributed by atoms with Gasteiger partial charge in [0.25, 0.3) is 0 Å². The van der Waals surface area contributed by atoms with Crippen LogP contribution in [0.5, 0.6) is 0 Å². The van der Waals surface area contributed by atoms with Crippen molar-refractivity contribution in [2.45, 2.75) is 11.6 Å². The summed E-state index contributed by atoms with van der Waals surface area (Å²) in [6, 6.07) is 31.1. The van der Waals surface area contributed by atoms with Crippen LogP contribution in [0.1, 0.15) is 16.7 Å². The lowest BCUT2D eigenvalue weighted by molar-refractivity contribution is -0.412. The van der Waals surface area contributed by atoms with Gasteiger partial charge in [0.2, 0.25) is 0 Å². The van der Waals surface area contributed by atoms with Crippen molar-refractivity contribution < 1.29 is 22.9 Å². The first-order chi connectivity index (χ1) is 12.3. The normalized spacial score (nSPS) is 12.0. The van der Waals surface area contributed by atoms with Gasteiger partial charge in [-0.2, -0.15) is 0 Å². The highest BCUT2D eigenvalue weighted by molar-refractivity contribution is 5.47. The summed E-state index contributed by atoms with van der Waals surface area (Å²) < 4.78 is 6.61. The Bertz CT molecular complexity index is 694. The third-order valence-electron chi connectivity index (χ3n) is 4.39. The molecule has 0 aliphatic heterocycles. The highest BCUT2D eigenvalue weighted by Gasteiger charge is 2.37. The van der Waals surface area contributed by atoms with Crippen LogP contribution in [0.2, 0.25) is 0 Å². The largest absolute Gasteiger partial charge is 1.00 e. The number of rotatable bonds is 7. The first-order valence-electron chi connectivity index (χ1n) is 8.53. The molecule has 0 aliphatic rings. The molecule has 0 aromatic heterocycles. The van der Waals surface area contributed by atoms with Crippen LogP contribution >= 0.6 is 0 Å². The van der Waals surface area contributed by atoms with Crippen molar-refractivity contribution in [3.05, 3.63) is 120 Å². The third kappa shape index (κ3) is 4.05. The molecule has 3 aromatic carbocycles. The second-order valence-electron chi connectivity index (χ2n) is 6.09. The van der Waals surface area contributed by atoms with E-state index < -0.39 is 5.60 Å². The Morgan fingerprint density at radius 3 is 1.42 bits per heavy atom. The second kappa shape index (κ2) is 9.35. The molecule has 3 heteroatoms. The van der Waals surface area contributed by atoms with Gasteiger partial charge in [0.15, 0.2) is 0 Å². The molecule has 0 bridgehead atoms. The summed E-state index contributed by atoms with van der Waals surface area (Å²) in [5.41, 5.74) is 6.72. The summed E-state index contributed by atoms with van der Waals surface area (Å²) in [6.07, 6.45) is 1.83. The molecule has 0 aliphatic carbocycles. The molecule has 0 radical (unpaired) electrons. The molecule has 0 unspecified atom stereocenters. The fourth-order valence-corrected chi connectivity index (χ4v) is 3.07. The van der Waals surface area contributed by atoms with Crippen molar-refractivity contribution in [1.29, 1.82) is 0 Å². The minimum Gasteiger partial charge on any atom is -1.00 e. The zero-order valence-corrected chi connectivity index (χ0v) is 15.5. The summed E-state index contributed by atoms with van der Waals surface area (Å²) >= 11 is 0. The molecule has 3 aromatic rings. The Morgan fingerprint density at radius 1 is 0.769 bits per heavy atom. The van der Waals surface area contributed by atoms with Crippen molar-refractivity contribution in [2.24, 2.45) is 0 Å².